The van der Waals surface area contributed by atoms with Gasteiger partial charge in [-0.1, -0.05) is 20.8 Å². The monoisotopic (exact) mass is 389 g/mol. The summed E-state index contributed by atoms with van der Waals surface area (Å²) in [5.74, 6) is -0.0244. The van der Waals surface area contributed by atoms with Crippen molar-refractivity contribution >= 4 is 27.5 Å². The van der Waals surface area contributed by atoms with E-state index in [4.69, 9.17) is 0 Å². The van der Waals surface area contributed by atoms with Crippen LogP contribution in [-0.2, 0) is 24.2 Å². The van der Waals surface area contributed by atoms with Crippen molar-refractivity contribution in [3.8, 4) is 0 Å². The number of nitrogens with zero attached hydrogens (tertiary/aromatic N) is 2. The van der Waals surface area contributed by atoms with Crippen LogP contribution < -0.4 is 10.9 Å². The molecule has 1 amide bonds. The van der Waals surface area contributed by atoms with Gasteiger partial charge in [-0.05, 0) is 56.9 Å². The fourth-order valence-electron chi connectivity index (χ4n) is 4.37. The minimum atomic E-state index is -0.269. The number of hydrogen-bond acceptors (Lipinski definition) is 4. The van der Waals surface area contributed by atoms with E-state index < -0.39 is 0 Å². The standard InChI is InChI=1S/C21H31N3O2S/c1-20(2,3)12-21(4,5)23-16(25)10-11-24-13-22-18-17(19(24)26)14-8-6-7-9-15(14)27-18/h13H,6-12H2,1-5H3,(H,23,25). The SMILES string of the molecule is CC(C)(C)CC(C)(C)NC(=O)CCn1cnc2sc3c(c2c1=O)CCCC3. The maximum absolute atomic E-state index is 12.9. The van der Waals surface area contributed by atoms with Crippen molar-refractivity contribution in [3.63, 3.8) is 0 Å². The Kier molecular flexibility index (Phi) is 5.48. The first-order chi connectivity index (χ1) is 12.6. The highest BCUT2D eigenvalue weighted by Crippen LogP contribution is 2.33. The van der Waals surface area contributed by atoms with Crippen LogP contribution in [0, 0.1) is 5.41 Å². The Balaban J connectivity index is 1.71. The van der Waals surface area contributed by atoms with Crippen LogP contribution in [0.5, 0.6) is 0 Å². The van der Waals surface area contributed by atoms with E-state index in [0.717, 1.165) is 35.9 Å². The Labute approximate surface area is 165 Å². The Morgan fingerprint density at radius 3 is 2.63 bits per heavy atom. The summed E-state index contributed by atoms with van der Waals surface area (Å²) in [5.41, 5.74) is 1.07. The van der Waals surface area contributed by atoms with Crippen LogP contribution in [0.25, 0.3) is 10.2 Å². The van der Waals surface area contributed by atoms with E-state index >= 15 is 0 Å². The Morgan fingerprint density at radius 1 is 1.22 bits per heavy atom. The maximum Gasteiger partial charge on any atom is 0.262 e. The Morgan fingerprint density at radius 2 is 1.93 bits per heavy atom. The normalized spacial score (nSPS) is 15.0. The van der Waals surface area contributed by atoms with Crippen LogP contribution in [-0.4, -0.2) is 21.0 Å². The van der Waals surface area contributed by atoms with Crippen LogP contribution in [0.2, 0.25) is 0 Å². The maximum atomic E-state index is 12.9. The van der Waals surface area contributed by atoms with Crippen molar-refractivity contribution in [2.45, 2.75) is 85.2 Å². The van der Waals surface area contributed by atoms with Gasteiger partial charge in [0.15, 0.2) is 0 Å². The first kappa shape index (κ1) is 20.1. The molecule has 0 bridgehead atoms. The fraction of sp³-hybridized carbons (Fsp3) is 0.667. The summed E-state index contributed by atoms with van der Waals surface area (Å²) in [5, 5.41) is 3.89. The molecular formula is C21H31N3O2S. The lowest BCUT2D eigenvalue weighted by Gasteiger charge is -2.33. The lowest BCUT2D eigenvalue weighted by atomic mass is 9.82. The highest BCUT2D eigenvalue weighted by Gasteiger charge is 2.27. The van der Waals surface area contributed by atoms with Crippen LogP contribution in [0.1, 0.15) is 70.7 Å². The number of amides is 1. The number of aromatic nitrogens is 2. The van der Waals surface area contributed by atoms with Crippen LogP contribution >= 0.6 is 11.3 Å². The van der Waals surface area contributed by atoms with Gasteiger partial charge < -0.3 is 5.32 Å². The molecule has 0 saturated carbocycles. The molecule has 1 N–H and O–H groups in total. The molecule has 148 valence electrons. The summed E-state index contributed by atoms with van der Waals surface area (Å²) in [6.07, 6.45) is 7.13. The van der Waals surface area contributed by atoms with Gasteiger partial charge in [0.25, 0.3) is 5.56 Å². The summed E-state index contributed by atoms with van der Waals surface area (Å²) in [6, 6.07) is 0. The van der Waals surface area contributed by atoms with Gasteiger partial charge in [0, 0.05) is 23.4 Å². The van der Waals surface area contributed by atoms with E-state index in [-0.39, 0.29) is 28.8 Å². The predicted molar refractivity (Wildman–Crippen MR) is 111 cm³/mol. The number of hydrogen-bond donors (Lipinski definition) is 1. The first-order valence-corrected chi connectivity index (χ1v) is 10.7. The number of rotatable bonds is 5. The third-order valence-electron chi connectivity index (χ3n) is 4.97. The summed E-state index contributed by atoms with van der Waals surface area (Å²) >= 11 is 1.66. The molecule has 0 fully saturated rings. The molecule has 0 atom stereocenters. The Hall–Kier alpha value is -1.69. The molecule has 2 aromatic heterocycles. The fourth-order valence-corrected chi connectivity index (χ4v) is 5.59. The second-order valence-corrected chi connectivity index (χ2v) is 10.6. The van der Waals surface area contributed by atoms with Gasteiger partial charge in [-0.3, -0.25) is 14.2 Å². The second kappa shape index (κ2) is 7.38. The number of carbonyl (C=O) groups excluding carboxylic acids is 1. The number of aryl methyl sites for hydroxylation is 3. The van der Waals surface area contributed by atoms with Gasteiger partial charge in [0.1, 0.15) is 4.83 Å². The topological polar surface area (TPSA) is 64.0 Å². The molecule has 1 aliphatic carbocycles. The van der Waals surface area contributed by atoms with Crippen LogP contribution in [0.4, 0.5) is 0 Å². The van der Waals surface area contributed by atoms with Crippen molar-refractivity contribution in [2.24, 2.45) is 5.41 Å². The van der Waals surface area contributed by atoms with Crippen molar-refractivity contribution in [3.05, 3.63) is 27.1 Å². The largest absolute Gasteiger partial charge is 0.351 e. The molecule has 0 spiro atoms. The van der Waals surface area contributed by atoms with Gasteiger partial charge in [0.2, 0.25) is 5.91 Å². The van der Waals surface area contributed by atoms with E-state index in [1.165, 1.54) is 16.9 Å². The van der Waals surface area contributed by atoms with Crippen molar-refractivity contribution in [1.82, 2.24) is 14.9 Å². The van der Waals surface area contributed by atoms with E-state index in [1.807, 2.05) is 13.8 Å². The Bertz CT molecular complexity index is 903. The summed E-state index contributed by atoms with van der Waals surface area (Å²) in [4.78, 5) is 32.0. The third-order valence-corrected chi connectivity index (χ3v) is 6.17. The van der Waals surface area contributed by atoms with Crippen LogP contribution in [0.3, 0.4) is 0 Å². The first-order valence-electron chi connectivity index (χ1n) is 9.86. The summed E-state index contributed by atoms with van der Waals surface area (Å²) in [6.45, 7) is 11.0. The second-order valence-electron chi connectivity index (χ2n) is 9.55. The lowest BCUT2D eigenvalue weighted by molar-refractivity contribution is -0.123. The summed E-state index contributed by atoms with van der Waals surface area (Å²) < 4.78 is 1.60. The van der Waals surface area contributed by atoms with Gasteiger partial charge in [-0.25, -0.2) is 4.98 Å². The van der Waals surface area contributed by atoms with Gasteiger partial charge in [-0.15, -0.1) is 11.3 Å². The lowest BCUT2D eigenvalue weighted by Crippen LogP contribution is -2.46. The molecular weight excluding hydrogens is 358 g/mol. The average molecular weight is 390 g/mol. The van der Waals surface area contributed by atoms with Crippen molar-refractivity contribution in [1.29, 1.82) is 0 Å². The highest BCUT2D eigenvalue weighted by atomic mass is 32.1. The van der Waals surface area contributed by atoms with E-state index in [1.54, 1.807) is 22.2 Å². The number of fused-ring (bicyclic) bond motifs is 3. The smallest absolute Gasteiger partial charge is 0.262 e. The van der Waals surface area contributed by atoms with Crippen LogP contribution in [0.15, 0.2) is 11.1 Å². The molecule has 5 nitrogen and oxygen atoms in total. The van der Waals surface area contributed by atoms with E-state index in [2.05, 4.69) is 31.1 Å². The number of nitrogens with one attached hydrogen (secondary N) is 1. The van der Waals surface area contributed by atoms with Crippen molar-refractivity contribution in [2.75, 3.05) is 0 Å². The predicted octanol–water partition coefficient (Wildman–Crippen LogP) is 4.06. The average Bonchev–Trinajstić information content (AvgIpc) is 2.90. The minimum Gasteiger partial charge on any atom is -0.351 e. The molecule has 2 heterocycles. The van der Waals surface area contributed by atoms with Gasteiger partial charge in [0.05, 0.1) is 11.7 Å². The molecule has 3 rings (SSSR count). The molecule has 0 saturated heterocycles. The van der Waals surface area contributed by atoms with E-state index in [9.17, 15) is 9.59 Å². The summed E-state index contributed by atoms with van der Waals surface area (Å²) in [7, 11) is 0. The molecule has 0 unspecified atom stereocenters. The molecule has 2 aromatic rings. The number of thiophene rings is 1. The zero-order valence-electron chi connectivity index (χ0n) is 17.1. The quantitative estimate of drug-likeness (QED) is 0.839. The molecule has 0 aromatic carbocycles. The third kappa shape index (κ3) is 4.78. The van der Waals surface area contributed by atoms with Gasteiger partial charge in [-0.2, -0.15) is 0 Å². The minimum absolute atomic E-state index is 0.00107. The molecule has 0 radical (unpaired) electrons. The zero-order chi connectivity index (χ0) is 19.8. The van der Waals surface area contributed by atoms with Crippen molar-refractivity contribution < 1.29 is 4.79 Å². The molecule has 1 aliphatic rings. The molecule has 0 aliphatic heterocycles. The number of carbonyl (C=O) groups is 1. The molecule has 6 heteroatoms. The van der Waals surface area contributed by atoms with E-state index in [0.29, 0.717) is 6.54 Å². The molecule has 27 heavy (non-hydrogen) atoms. The zero-order valence-corrected chi connectivity index (χ0v) is 18.0. The highest BCUT2D eigenvalue weighted by molar-refractivity contribution is 7.18. The van der Waals surface area contributed by atoms with Gasteiger partial charge >= 0.3 is 0 Å².